The van der Waals surface area contributed by atoms with Gasteiger partial charge in [-0.1, -0.05) is 49.9 Å². The SMILES string of the molecule is CCCCCCOc1ccc(C(=O)N2CCc3[nH]nc(-c4cccc(Cl)c4)c3C2)cc1. The van der Waals surface area contributed by atoms with E-state index in [4.69, 9.17) is 16.3 Å². The van der Waals surface area contributed by atoms with Crippen LogP contribution in [0.3, 0.4) is 0 Å². The van der Waals surface area contributed by atoms with Crippen molar-refractivity contribution in [3.05, 3.63) is 70.4 Å². The Labute approximate surface area is 188 Å². The van der Waals surface area contributed by atoms with E-state index in [1.165, 1.54) is 19.3 Å². The molecule has 1 aromatic heterocycles. The van der Waals surface area contributed by atoms with Crippen LogP contribution in [-0.2, 0) is 13.0 Å². The Bertz CT molecular complexity index is 1030. The van der Waals surface area contributed by atoms with Gasteiger partial charge in [-0.3, -0.25) is 9.89 Å². The number of amides is 1. The average Bonchev–Trinajstić information content (AvgIpc) is 3.22. The Hall–Kier alpha value is -2.79. The van der Waals surface area contributed by atoms with Gasteiger partial charge in [0.25, 0.3) is 5.91 Å². The lowest BCUT2D eigenvalue weighted by molar-refractivity contribution is 0.0734. The van der Waals surface area contributed by atoms with E-state index in [9.17, 15) is 4.79 Å². The monoisotopic (exact) mass is 437 g/mol. The molecule has 0 fully saturated rings. The van der Waals surface area contributed by atoms with Crippen molar-refractivity contribution in [2.24, 2.45) is 0 Å². The molecule has 31 heavy (non-hydrogen) atoms. The summed E-state index contributed by atoms with van der Waals surface area (Å²) in [6.07, 6.45) is 5.46. The summed E-state index contributed by atoms with van der Waals surface area (Å²) in [4.78, 5) is 15.0. The zero-order valence-electron chi connectivity index (χ0n) is 17.9. The van der Waals surface area contributed by atoms with Gasteiger partial charge in [-0.15, -0.1) is 0 Å². The third-order valence-electron chi connectivity index (χ3n) is 5.69. The topological polar surface area (TPSA) is 58.2 Å². The molecule has 0 unspecified atom stereocenters. The Morgan fingerprint density at radius 2 is 2.00 bits per heavy atom. The van der Waals surface area contributed by atoms with Gasteiger partial charge in [0, 0.05) is 46.9 Å². The van der Waals surface area contributed by atoms with E-state index in [1.807, 2.05) is 53.4 Å². The number of H-pyrrole nitrogens is 1. The van der Waals surface area contributed by atoms with E-state index in [-0.39, 0.29) is 5.91 Å². The molecule has 162 valence electrons. The van der Waals surface area contributed by atoms with Crippen LogP contribution in [0.15, 0.2) is 48.5 Å². The van der Waals surface area contributed by atoms with Crippen LogP contribution >= 0.6 is 11.6 Å². The molecule has 0 saturated carbocycles. The number of halogens is 1. The molecule has 0 atom stereocenters. The zero-order chi connectivity index (χ0) is 21.6. The number of rotatable bonds is 8. The minimum atomic E-state index is 0.0263. The molecule has 2 aromatic carbocycles. The van der Waals surface area contributed by atoms with E-state index < -0.39 is 0 Å². The number of unbranched alkanes of at least 4 members (excludes halogenated alkanes) is 3. The van der Waals surface area contributed by atoms with Crippen molar-refractivity contribution in [1.82, 2.24) is 15.1 Å². The maximum absolute atomic E-state index is 13.1. The minimum Gasteiger partial charge on any atom is -0.494 e. The number of aromatic amines is 1. The van der Waals surface area contributed by atoms with Gasteiger partial charge in [0.1, 0.15) is 5.75 Å². The van der Waals surface area contributed by atoms with Gasteiger partial charge in [0.15, 0.2) is 0 Å². The minimum absolute atomic E-state index is 0.0263. The molecular formula is C25H28ClN3O2. The highest BCUT2D eigenvalue weighted by atomic mass is 35.5. The Kier molecular flexibility index (Phi) is 6.92. The van der Waals surface area contributed by atoms with Crippen molar-refractivity contribution in [2.75, 3.05) is 13.2 Å². The standard InChI is InChI=1S/C25H28ClN3O2/c1-2-3-4-5-15-31-21-11-9-18(10-12-21)25(30)29-14-13-23-22(17-29)24(28-27-23)19-7-6-8-20(26)16-19/h6-12,16H,2-5,13-15,17H2,1H3,(H,27,28). The molecule has 1 N–H and O–H groups in total. The van der Waals surface area contributed by atoms with Gasteiger partial charge >= 0.3 is 0 Å². The first-order chi connectivity index (χ1) is 15.2. The van der Waals surface area contributed by atoms with Gasteiger partial charge < -0.3 is 9.64 Å². The fourth-order valence-corrected chi connectivity index (χ4v) is 4.13. The molecule has 0 aliphatic carbocycles. The summed E-state index contributed by atoms with van der Waals surface area (Å²) in [5.74, 6) is 0.838. The summed E-state index contributed by atoms with van der Waals surface area (Å²) in [6, 6.07) is 15.1. The molecule has 1 aliphatic heterocycles. The van der Waals surface area contributed by atoms with Gasteiger partial charge in [-0.05, 0) is 42.8 Å². The van der Waals surface area contributed by atoms with Crippen LogP contribution in [-0.4, -0.2) is 34.2 Å². The Morgan fingerprint density at radius 1 is 1.16 bits per heavy atom. The lowest BCUT2D eigenvalue weighted by Gasteiger charge is -2.27. The first-order valence-corrected chi connectivity index (χ1v) is 11.4. The number of nitrogens with one attached hydrogen (secondary N) is 1. The maximum Gasteiger partial charge on any atom is 0.254 e. The number of ether oxygens (including phenoxy) is 1. The molecule has 5 nitrogen and oxygen atoms in total. The number of carbonyl (C=O) groups is 1. The van der Waals surface area contributed by atoms with Crippen LogP contribution in [0.25, 0.3) is 11.3 Å². The molecule has 2 heterocycles. The molecular weight excluding hydrogens is 410 g/mol. The fourth-order valence-electron chi connectivity index (χ4n) is 3.94. The van der Waals surface area contributed by atoms with E-state index >= 15 is 0 Å². The predicted octanol–water partition coefficient (Wildman–Crippen LogP) is 5.89. The maximum atomic E-state index is 13.1. The second-order valence-electron chi connectivity index (χ2n) is 7.95. The number of benzene rings is 2. The van der Waals surface area contributed by atoms with Crippen LogP contribution < -0.4 is 4.74 Å². The van der Waals surface area contributed by atoms with Crippen molar-refractivity contribution in [3.63, 3.8) is 0 Å². The molecule has 6 heteroatoms. The summed E-state index contributed by atoms with van der Waals surface area (Å²) in [6.45, 7) is 4.11. The number of fused-ring (bicyclic) bond motifs is 1. The van der Waals surface area contributed by atoms with Crippen molar-refractivity contribution in [2.45, 2.75) is 45.6 Å². The Morgan fingerprint density at radius 3 is 2.77 bits per heavy atom. The number of nitrogens with zero attached hydrogens (tertiary/aromatic N) is 2. The molecule has 0 saturated heterocycles. The van der Waals surface area contributed by atoms with Crippen molar-refractivity contribution >= 4 is 17.5 Å². The highest BCUT2D eigenvalue weighted by molar-refractivity contribution is 6.30. The van der Waals surface area contributed by atoms with E-state index in [2.05, 4.69) is 17.1 Å². The zero-order valence-corrected chi connectivity index (χ0v) is 18.6. The number of hydrogen-bond donors (Lipinski definition) is 1. The molecule has 1 amide bonds. The summed E-state index contributed by atoms with van der Waals surface area (Å²) in [7, 11) is 0. The van der Waals surface area contributed by atoms with E-state index in [1.54, 1.807) is 0 Å². The van der Waals surface area contributed by atoms with Crippen LogP contribution in [0.5, 0.6) is 5.75 Å². The molecule has 1 aliphatic rings. The number of carbonyl (C=O) groups excluding carboxylic acids is 1. The van der Waals surface area contributed by atoms with Crippen LogP contribution in [0.4, 0.5) is 0 Å². The highest BCUT2D eigenvalue weighted by Gasteiger charge is 2.26. The second-order valence-corrected chi connectivity index (χ2v) is 8.39. The van der Waals surface area contributed by atoms with Gasteiger partial charge in [0.2, 0.25) is 0 Å². The van der Waals surface area contributed by atoms with Crippen LogP contribution in [0.2, 0.25) is 5.02 Å². The average molecular weight is 438 g/mol. The van der Waals surface area contributed by atoms with E-state index in [0.717, 1.165) is 47.7 Å². The molecule has 0 bridgehead atoms. The fraction of sp³-hybridized carbons (Fsp3) is 0.360. The van der Waals surface area contributed by atoms with E-state index in [0.29, 0.717) is 23.7 Å². The lowest BCUT2D eigenvalue weighted by atomic mass is 10.0. The second kappa shape index (κ2) is 10.0. The van der Waals surface area contributed by atoms with Gasteiger partial charge in [-0.2, -0.15) is 5.10 Å². The highest BCUT2D eigenvalue weighted by Crippen LogP contribution is 2.30. The first-order valence-electron chi connectivity index (χ1n) is 11.0. The van der Waals surface area contributed by atoms with Crippen molar-refractivity contribution in [3.8, 4) is 17.0 Å². The number of aromatic nitrogens is 2. The lowest BCUT2D eigenvalue weighted by Crippen LogP contribution is -2.35. The quantitative estimate of drug-likeness (QED) is 0.447. The smallest absolute Gasteiger partial charge is 0.254 e. The normalized spacial score (nSPS) is 13.2. The van der Waals surface area contributed by atoms with Crippen molar-refractivity contribution in [1.29, 1.82) is 0 Å². The van der Waals surface area contributed by atoms with Gasteiger partial charge in [0.05, 0.1) is 12.3 Å². The van der Waals surface area contributed by atoms with Crippen molar-refractivity contribution < 1.29 is 9.53 Å². The molecule has 0 radical (unpaired) electrons. The predicted molar refractivity (Wildman–Crippen MR) is 124 cm³/mol. The first kappa shape index (κ1) is 21.4. The number of hydrogen-bond acceptors (Lipinski definition) is 3. The summed E-state index contributed by atoms with van der Waals surface area (Å²) >= 11 is 6.16. The van der Waals surface area contributed by atoms with Crippen LogP contribution in [0.1, 0.15) is 54.2 Å². The summed E-state index contributed by atoms with van der Waals surface area (Å²) in [5.41, 5.74) is 4.65. The summed E-state index contributed by atoms with van der Waals surface area (Å²) in [5, 5.41) is 8.30. The third-order valence-corrected chi connectivity index (χ3v) is 5.92. The molecule has 4 rings (SSSR count). The Balaban J connectivity index is 1.41. The summed E-state index contributed by atoms with van der Waals surface area (Å²) < 4.78 is 5.80. The largest absolute Gasteiger partial charge is 0.494 e. The molecule has 0 spiro atoms. The van der Waals surface area contributed by atoms with Crippen LogP contribution in [0, 0.1) is 0 Å². The van der Waals surface area contributed by atoms with Gasteiger partial charge in [-0.25, -0.2) is 0 Å². The molecule has 3 aromatic rings. The third kappa shape index (κ3) is 5.10.